The van der Waals surface area contributed by atoms with Gasteiger partial charge < -0.3 is 10.2 Å². The zero-order valence-corrected chi connectivity index (χ0v) is 9.37. The van der Waals surface area contributed by atoms with Crippen LogP contribution >= 0.6 is 12.2 Å². The highest BCUT2D eigenvalue weighted by Gasteiger charge is 2.19. The molecule has 1 rings (SSSR count). The fourth-order valence-electron chi connectivity index (χ4n) is 1.19. The molecule has 72 valence electrons. The van der Waals surface area contributed by atoms with Crippen molar-refractivity contribution in [2.45, 2.75) is 26.3 Å². The molecule has 1 unspecified atom stereocenters. The van der Waals surface area contributed by atoms with Gasteiger partial charge in [-0.25, -0.2) is 0 Å². The second kappa shape index (κ2) is 6.52. The number of rotatable bonds is 2. The number of likely N-dealkylation sites (N-methyl/N-ethyl adjacent to an activating group) is 1. The molecule has 0 saturated carbocycles. The molecular weight excluding hydrogens is 168 g/mol. The molecule has 1 heterocycles. The van der Waals surface area contributed by atoms with Crippen LogP contribution in [0.4, 0.5) is 0 Å². The molecule has 0 aromatic rings. The summed E-state index contributed by atoms with van der Waals surface area (Å²) in [6, 6.07) is 0.463. The van der Waals surface area contributed by atoms with Crippen molar-refractivity contribution in [2.24, 2.45) is 0 Å². The van der Waals surface area contributed by atoms with E-state index >= 15 is 0 Å². The van der Waals surface area contributed by atoms with Crippen LogP contribution in [0, 0.1) is 0 Å². The van der Waals surface area contributed by atoms with Crippen molar-refractivity contribution in [3.05, 3.63) is 0 Å². The molecule has 0 spiro atoms. The van der Waals surface area contributed by atoms with Crippen molar-refractivity contribution < 1.29 is 0 Å². The lowest BCUT2D eigenvalue weighted by atomic mass is 10.2. The molecule has 0 aliphatic carbocycles. The van der Waals surface area contributed by atoms with Crippen molar-refractivity contribution in [2.75, 3.05) is 27.2 Å². The van der Waals surface area contributed by atoms with Crippen molar-refractivity contribution in [3.63, 3.8) is 0 Å². The summed E-state index contributed by atoms with van der Waals surface area (Å²) in [5.41, 5.74) is 0. The standard InChI is InChI=1S/C7H14N2S.C2H6/c1-9(2)5-6-7(10)3-4-8-6;1-2/h6,8H,3-5H2,1-2H3;1-2H3. The minimum absolute atomic E-state index is 0.463. The molecule has 2 nitrogen and oxygen atoms in total. The third-order valence-corrected chi connectivity index (χ3v) is 2.19. The number of nitrogens with one attached hydrogen (secondary N) is 1. The topological polar surface area (TPSA) is 15.3 Å². The largest absolute Gasteiger partial charge is 0.308 e. The average Bonchev–Trinajstić information content (AvgIpc) is 2.40. The Morgan fingerprint density at radius 1 is 1.50 bits per heavy atom. The van der Waals surface area contributed by atoms with E-state index in [0.717, 1.165) is 19.5 Å². The Hall–Kier alpha value is 0.01000. The minimum Gasteiger partial charge on any atom is -0.308 e. The second-order valence-electron chi connectivity index (χ2n) is 2.99. The quantitative estimate of drug-likeness (QED) is 0.658. The van der Waals surface area contributed by atoms with Crippen molar-refractivity contribution in [1.82, 2.24) is 10.2 Å². The molecule has 3 heteroatoms. The maximum Gasteiger partial charge on any atom is 0.0513 e. The second-order valence-corrected chi connectivity index (χ2v) is 3.51. The molecule has 0 amide bonds. The highest BCUT2D eigenvalue weighted by atomic mass is 32.1. The van der Waals surface area contributed by atoms with Crippen LogP contribution in [0.1, 0.15) is 20.3 Å². The van der Waals surface area contributed by atoms with E-state index < -0.39 is 0 Å². The summed E-state index contributed by atoms with van der Waals surface area (Å²) >= 11 is 5.17. The lowest BCUT2D eigenvalue weighted by Gasteiger charge is -2.15. The third-order valence-electron chi connectivity index (χ3n) is 1.70. The molecule has 1 aliphatic rings. The number of hydrogen-bond acceptors (Lipinski definition) is 3. The van der Waals surface area contributed by atoms with Gasteiger partial charge in [-0.1, -0.05) is 26.1 Å². The van der Waals surface area contributed by atoms with Crippen LogP contribution in [0.3, 0.4) is 0 Å². The van der Waals surface area contributed by atoms with E-state index in [4.69, 9.17) is 12.2 Å². The average molecular weight is 188 g/mol. The van der Waals surface area contributed by atoms with Gasteiger partial charge in [-0.2, -0.15) is 0 Å². The third kappa shape index (κ3) is 4.14. The van der Waals surface area contributed by atoms with Crippen LogP contribution in [-0.2, 0) is 0 Å². The van der Waals surface area contributed by atoms with Gasteiger partial charge in [0.25, 0.3) is 0 Å². The summed E-state index contributed by atoms with van der Waals surface area (Å²) in [6.45, 7) is 6.11. The van der Waals surface area contributed by atoms with Crippen LogP contribution in [0.15, 0.2) is 0 Å². The zero-order chi connectivity index (χ0) is 9.56. The van der Waals surface area contributed by atoms with Crippen LogP contribution in [-0.4, -0.2) is 43.0 Å². The summed E-state index contributed by atoms with van der Waals surface area (Å²) in [6.07, 6.45) is 1.08. The predicted octanol–water partition coefficient (Wildman–Crippen LogP) is 1.31. The molecule has 0 radical (unpaired) electrons. The molecule has 1 saturated heterocycles. The maximum atomic E-state index is 5.17. The molecule has 1 fully saturated rings. The van der Waals surface area contributed by atoms with Crippen molar-refractivity contribution in [1.29, 1.82) is 0 Å². The first-order valence-electron chi connectivity index (χ1n) is 4.61. The smallest absolute Gasteiger partial charge is 0.0513 e. The van der Waals surface area contributed by atoms with Gasteiger partial charge in [0.1, 0.15) is 0 Å². The van der Waals surface area contributed by atoms with Gasteiger partial charge in [0.2, 0.25) is 0 Å². The molecule has 12 heavy (non-hydrogen) atoms. The van der Waals surface area contributed by atoms with E-state index in [1.165, 1.54) is 4.86 Å². The summed E-state index contributed by atoms with van der Waals surface area (Å²) in [5, 5.41) is 3.35. The van der Waals surface area contributed by atoms with Gasteiger partial charge in [-0.15, -0.1) is 0 Å². The number of thiocarbonyl (C=S) groups is 1. The molecule has 1 N–H and O–H groups in total. The first-order chi connectivity index (χ1) is 5.70. The van der Waals surface area contributed by atoms with Gasteiger partial charge in [0.15, 0.2) is 0 Å². The monoisotopic (exact) mass is 188 g/mol. The Morgan fingerprint density at radius 2 is 2.08 bits per heavy atom. The van der Waals surface area contributed by atoms with Crippen LogP contribution in [0.5, 0.6) is 0 Å². The fourth-order valence-corrected chi connectivity index (χ4v) is 1.45. The lowest BCUT2D eigenvalue weighted by molar-refractivity contribution is 0.387. The van der Waals surface area contributed by atoms with Crippen LogP contribution < -0.4 is 5.32 Å². The SMILES string of the molecule is CC.CN(C)CC1NCCC1=S. The van der Waals surface area contributed by atoms with Gasteiger partial charge in [-0.05, 0) is 20.5 Å². The Kier molecular flexibility index (Phi) is 6.52. The predicted molar refractivity (Wildman–Crippen MR) is 58.9 cm³/mol. The fraction of sp³-hybridized carbons (Fsp3) is 0.889. The van der Waals surface area contributed by atoms with E-state index in [9.17, 15) is 0 Å². The molecule has 0 bridgehead atoms. The molecule has 1 aliphatic heterocycles. The Labute approximate surface area is 81.3 Å². The van der Waals surface area contributed by atoms with Gasteiger partial charge in [0, 0.05) is 18.0 Å². The molecule has 0 aromatic heterocycles. The minimum atomic E-state index is 0.463. The first-order valence-corrected chi connectivity index (χ1v) is 5.02. The van der Waals surface area contributed by atoms with Crippen LogP contribution in [0.2, 0.25) is 0 Å². The van der Waals surface area contributed by atoms with Crippen molar-refractivity contribution in [3.8, 4) is 0 Å². The van der Waals surface area contributed by atoms with Crippen LogP contribution in [0.25, 0.3) is 0 Å². The Balaban J connectivity index is 0.000000561. The molecular formula is C9H20N2S. The lowest BCUT2D eigenvalue weighted by Crippen LogP contribution is -2.36. The highest BCUT2D eigenvalue weighted by Crippen LogP contribution is 2.03. The number of nitrogens with zero attached hydrogens (tertiary/aromatic N) is 1. The molecule has 1 atom stereocenters. The van der Waals surface area contributed by atoms with Gasteiger partial charge >= 0.3 is 0 Å². The Bertz CT molecular complexity index is 134. The van der Waals surface area contributed by atoms with E-state index in [2.05, 4.69) is 24.3 Å². The highest BCUT2D eigenvalue weighted by molar-refractivity contribution is 7.80. The van der Waals surface area contributed by atoms with E-state index in [0.29, 0.717) is 6.04 Å². The summed E-state index contributed by atoms with van der Waals surface area (Å²) in [5.74, 6) is 0. The van der Waals surface area contributed by atoms with E-state index in [1.54, 1.807) is 0 Å². The zero-order valence-electron chi connectivity index (χ0n) is 8.55. The van der Waals surface area contributed by atoms with E-state index in [-0.39, 0.29) is 0 Å². The summed E-state index contributed by atoms with van der Waals surface area (Å²) in [7, 11) is 4.14. The van der Waals surface area contributed by atoms with E-state index in [1.807, 2.05) is 13.8 Å². The molecule has 0 aromatic carbocycles. The van der Waals surface area contributed by atoms with Crippen molar-refractivity contribution >= 4 is 17.1 Å². The maximum absolute atomic E-state index is 5.17. The first kappa shape index (κ1) is 12.0. The normalized spacial score (nSPS) is 22.4. The summed E-state index contributed by atoms with van der Waals surface area (Å²) in [4.78, 5) is 3.35. The summed E-state index contributed by atoms with van der Waals surface area (Å²) < 4.78 is 0. The van der Waals surface area contributed by atoms with Gasteiger partial charge in [0.05, 0.1) is 6.04 Å². The number of hydrogen-bond donors (Lipinski definition) is 1. The van der Waals surface area contributed by atoms with Gasteiger partial charge in [-0.3, -0.25) is 0 Å². The Morgan fingerprint density at radius 3 is 2.42 bits per heavy atom.